The molecule has 5 fully saturated rings. The van der Waals surface area contributed by atoms with Crippen LogP contribution < -0.4 is 5.56 Å². The smallest absolute Gasteiger partial charge is 0.251 e. The summed E-state index contributed by atoms with van der Waals surface area (Å²) in [7, 11) is 0. The minimum absolute atomic E-state index is 0.0275. The number of aromatic amines is 1. The monoisotopic (exact) mass is 355 g/mol. The number of carbonyl (C=O) groups is 1. The molecule has 1 amide bonds. The van der Waals surface area contributed by atoms with Crippen LogP contribution in [0.5, 0.6) is 0 Å². The average molecular weight is 355 g/mol. The molecule has 0 radical (unpaired) electrons. The van der Waals surface area contributed by atoms with Crippen LogP contribution in [0, 0.1) is 30.1 Å². The average Bonchev–Trinajstić information content (AvgIpc) is 2.59. The van der Waals surface area contributed by atoms with Crippen molar-refractivity contribution in [3.63, 3.8) is 0 Å². The highest BCUT2D eigenvalue weighted by molar-refractivity contribution is 5.83. The van der Waals surface area contributed by atoms with E-state index in [9.17, 15) is 9.59 Å². The molecule has 1 aromatic rings. The maximum Gasteiger partial charge on any atom is 0.251 e. The second-order valence-corrected chi connectivity index (χ2v) is 9.52. The van der Waals surface area contributed by atoms with Gasteiger partial charge in [0.05, 0.1) is 11.1 Å². The highest BCUT2D eigenvalue weighted by atomic mass is 16.2. The maximum absolute atomic E-state index is 13.5. The fourth-order valence-corrected chi connectivity index (χ4v) is 6.90. The molecular weight excluding hydrogens is 326 g/mol. The zero-order valence-corrected chi connectivity index (χ0v) is 15.7. The van der Waals surface area contributed by atoms with Gasteiger partial charge in [-0.1, -0.05) is 0 Å². The fourth-order valence-electron chi connectivity index (χ4n) is 6.90. The van der Waals surface area contributed by atoms with E-state index < -0.39 is 0 Å². The molecule has 5 aliphatic rings. The molecule has 0 spiro atoms. The summed E-state index contributed by atoms with van der Waals surface area (Å²) in [5.74, 6) is 3.86. The molecule has 4 saturated carbocycles. The van der Waals surface area contributed by atoms with E-state index in [0.29, 0.717) is 17.6 Å². The highest BCUT2D eigenvalue weighted by Gasteiger charge is 2.55. The first-order valence-corrected chi connectivity index (χ1v) is 10.4. The first-order chi connectivity index (χ1) is 12.5. The Bertz CT molecular complexity index is 740. The van der Waals surface area contributed by atoms with E-state index in [2.05, 4.69) is 14.9 Å². The number of nitrogens with zero attached hydrogens (tertiary/aromatic N) is 2. The molecule has 0 aromatic carbocycles. The largest absolute Gasteiger partial charge is 0.342 e. The standard InChI is InChI=1S/C21H29N3O2/c1-13-22-18(9-19(25)23-13)17-2-4-24(5-3-17)20(26)21-10-14-6-15(11-21)8-16(7-14)12-21/h9,14-17H,2-8,10-12H2,1H3,(H,22,23,25). The minimum Gasteiger partial charge on any atom is -0.342 e. The van der Waals surface area contributed by atoms with Crippen molar-refractivity contribution in [2.24, 2.45) is 23.2 Å². The number of nitrogens with one attached hydrogen (secondary N) is 1. The first-order valence-electron chi connectivity index (χ1n) is 10.4. The third-order valence-corrected chi connectivity index (χ3v) is 7.57. The number of H-pyrrole nitrogens is 1. The first kappa shape index (κ1) is 16.5. The molecular formula is C21H29N3O2. The Hall–Kier alpha value is -1.65. The topological polar surface area (TPSA) is 66.1 Å². The Morgan fingerprint density at radius 3 is 2.23 bits per heavy atom. The van der Waals surface area contributed by atoms with Gasteiger partial charge in [0.1, 0.15) is 5.82 Å². The SMILES string of the molecule is Cc1nc(C2CCN(C(=O)C34CC5CC(CC(C5)C3)C4)CC2)cc(=O)[nH]1. The highest BCUT2D eigenvalue weighted by Crippen LogP contribution is 2.60. The van der Waals surface area contributed by atoms with Gasteiger partial charge < -0.3 is 9.88 Å². The van der Waals surface area contributed by atoms with Crippen LogP contribution in [0.1, 0.15) is 68.8 Å². The predicted molar refractivity (Wildman–Crippen MR) is 98.8 cm³/mol. The van der Waals surface area contributed by atoms with Crippen LogP contribution in [-0.2, 0) is 4.79 Å². The van der Waals surface area contributed by atoms with E-state index in [-0.39, 0.29) is 11.0 Å². The molecule has 2 heterocycles. The summed E-state index contributed by atoms with van der Waals surface area (Å²) >= 11 is 0. The number of aromatic nitrogens is 2. The van der Waals surface area contributed by atoms with Crippen LogP contribution in [0.4, 0.5) is 0 Å². The molecule has 1 aliphatic heterocycles. The molecule has 26 heavy (non-hydrogen) atoms. The van der Waals surface area contributed by atoms with Gasteiger partial charge in [-0.3, -0.25) is 9.59 Å². The van der Waals surface area contributed by atoms with E-state index >= 15 is 0 Å². The second-order valence-electron chi connectivity index (χ2n) is 9.52. The van der Waals surface area contributed by atoms with Gasteiger partial charge in [-0.25, -0.2) is 4.98 Å². The Labute approximate surface area is 154 Å². The number of aryl methyl sites for hydroxylation is 1. The molecule has 140 valence electrons. The van der Waals surface area contributed by atoms with Crippen LogP contribution in [0.15, 0.2) is 10.9 Å². The minimum atomic E-state index is -0.0698. The molecule has 6 rings (SSSR count). The third-order valence-electron chi connectivity index (χ3n) is 7.57. The van der Waals surface area contributed by atoms with Crippen molar-refractivity contribution in [1.29, 1.82) is 0 Å². The number of hydrogen-bond donors (Lipinski definition) is 1. The number of carbonyl (C=O) groups excluding carboxylic acids is 1. The van der Waals surface area contributed by atoms with Crippen molar-refractivity contribution in [3.8, 4) is 0 Å². The molecule has 4 aliphatic carbocycles. The Morgan fingerprint density at radius 2 is 1.69 bits per heavy atom. The summed E-state index contributed by atoms with van der Waals surface area (Å²) in [6, 6.07) is 1.63. The lowest BCUT2D eigenvalue weighted by atomic mass is 9.49. The summed E-state index contributed by atoms with van der Waals surface area (Å²) in [6.45, 7) is 3.47. The van der Waals surface area contributed by atoms with Crippen molar-refractivity contribution in [3.05, 3.63) is 27.9 Å². The number of likely N-dealkylation sites (tertiary alicyclic amines) is 1. The van der Waals surface area contributed by atoms with E-state index in [4.69, 9.17) is 0 Å². The van der Waals surface area contributed by atoms with Gasteiger partial charge in [0, 0.05) is 25.1 Å². The molecule has 1 N–H and O–H groups in total. The predicted octanol–water partition coefficient (Wildman–Crippen LogP) is 3.00. The van der Waals surface area contributed by atoms with Crippen molar-refractivity contribution in [2.75, 3.05) is 13.1 Å². The van der Waals surface area contributed by atoms with Crippen LogP contribution in [0.3, 0.4) is 0 Å². The van der Waals surface area contributed by atoms with Gasteiger partial charge in [0.25, 0.3) is 5.56 Å². The Balaban J connectivity index is 1.28. The van der Waals surface area contributed by atoms with Crippen molar-refractivity contribution < 1.29 is 4.79 Å². The zero-order valence-electron chi connectivity index (χ0n) is 15.7. The Morgan fingerprint density at radius 1 is 1.12 bits per heavy atom. The molecule has 1 saturated heterocycles. The molecule has 4 bridgehead atoms. The molecule has 0 unspecified atom stereocenters. The van der Waals surface area contributed by atoms with Crippen molar-refractivity contribution in [2.45, 2.75) is 64.2 Å². The summed E-state index contributed by atoms with van der Waals surface area (Å²) in [5.41, 5.74) is 0.799. The summed E-state index contributed by atoms with van der Waals surface area (Å²) < 4.78 is 0. The lowest BCUT2D eigenvalue weighted by Crippen LogP contribution is -2.55. The molecule has 1 aromatic heterocycles. The quantitative estimate of drug-likeness (QED) is 0.887. The van der Waals surface area contributed by atoms with Crippen molar-refractivity contribution in [1.82, 2.24) is 14.9 Å². The second kappa shape index (κ2) is 5.93. The maximum atomic E-state index is 13.5. The molecule has 0 atom stereocenters. The summed E-state index contributed by atoms with van der Waals surface area (Å²) in [5, 5.41) is 0. The van der Waals surface area contributed by atoms with E-state index in [0.717, 1.165) is 68.6 Å². The zero-order chi connectivity index (χ0) is 17.9. The summed E-state index contributed by atoms with van der Waals surface area (Å²) in [4.78, 5) is 34.6. The third kappa shape index (κ3) is 2.71. The van der Waals surface area contributed by atoms with E-state index in [1.807, 2.05) is 6.92 Å². The van der Waals surface area contributed by atoms with Crippen molar-refractivity contribution >= 4 is 5.91 Å². The Kier molecular flexibility index (Phi) is 3.77. The lowest BCUT2D eigenvalue weighted by molar-refractivity contribution is -0.158. The van der Waals surface area contributed by atoms with Crippen LogP contribution in [-0.4, -0.2) is 33.9 Å². The van der Waals surface area contributed by atoms with Gasteiger partial charge >= 0.3 is 0 Å². The molecule has 5 heteroatoms. The van der Waals surface area contributed by atoms with Gasteiger partial charge in [-0.15, -0.1) is 0 Å². The fraction of sp³-hybridized carbons (Fsp3) is 0.762. The van der Waals surface area contributed by atoms with Crippen LogP contribution >= 0.6 is 0 Å². The van der Waals surface area contributed by atoms with Gasteiger partial charge in [0.15, 0.2) is 0 Å². The number of amides is 1. The molecule has 5 nitrogen and oxygen atoms in total. The normalized spacial score (nSPS) is 36.5. The number of rotatable bonds is 2. The van der Waals surface area contributed by atoms with E-state index in [1.54, 1.807) is 6.07 Å². The van der Waals surface area contributed by atoms with Crippen LogP contribution in [0.2, 0.25) is 0 Å². The summed E-state index contributed by atoms with van der Waals surface area (Å²) in [6.07, 6.45) is 9.42. The van der Waals surface area contributed by atoms with Gasteiger partial charge in [-0.2, -0.15) is 0 Å². The van der Waals surface area contributed by atoms with Gasteiger partial charge in [0.2, 0.25) is 5.91 Å². The van der Waals surface area contributed by atoms with Crippen LogP contribution in [0.25, 0.3) is 0 Å². The number of piperidine rings is 1. The van der Waals surface area contributed by atoms with Gasteiger partial charge in [-0.05, 0) is 76.0 Å². The van der Waals surface area contributed by atoms with E-state index in [1.165, 1.54) is 19.3 Å². The number of hydrogen-bond acceptors (Lipinski definition) is 3. The lowest BCUT2D eigenvalue weighted by Gasteiger charge is -2.57.